The van der Waals surface area contributed by atoms with Crippen LogP contribution in [0.1, 0.15) is 50.6 Å². The molecule has 20 heavy (non-hydrogen) atoms. The molecule has 0 fully saturated rings. The van der Waals surface area contributed by atoms with Gasteiger partial charge in [-0.05, 0) is 53.0 Å². The fraction of sp³-hybridized carbons (Fsp3) is 0.438. The molecular formula is C16H22IN3. The fourth-order valence-corrected chi connectivity index (χ4v) is 2.60. The maximum Gasteiger partial charge on any atom is 0.136 e. The molecule has 0 bridgehead atoms. The Morgan fingerprint density at radius 3 is 2.15 bits per heavy atom. The Hall–Kier alpha value is -1.04. The van der Waals surface area contributed by atoms with Crippen LogP contribution in [0, 0.1) is 10.5 Å². The quantitative estimate of drug-likeness (QED) is 0.787. The summed E-state index contributed by atoms with van der Waals surface area (Å²) in [5.74, 6) is 0.746. The lowest BCUT2D eigenvalue weighted by Gasteiger charge is -2.20. The molecule has 1 heterocycles. The molecule has 2 rings (SSSR count). The number of hydrogen-bond acceptors (Lipinski definition) is 2. The molecule has 0 saturated heterocycles. The number of rotatable bonds is 2. The Morgan fingerprint density at radius 2 is 1.75 bits per heavy atom. The van der Waals surface area contributed by atoms with E-state index in [1.54, 1.807) is 0 Å². The van der Waals surface area contributed by atoms with Crippen molar-refractivity contribution in [2.75, 3.05) is 5.73 Å². The highest BCUT2D eigenvalue weighted by Gasteiger charge is 2.18. The summed E-state index contributed by atoms with van der Waals surface area (Å²) >= 11 is 2.25. The molecule has 0 spiro atoms. The lowest BCUT2D eigenvalue weighted by atomic mass is 9.86. The van der Waals surface area contributed by atoms with Gasteiger partial charge >= 0.3 is 0 Å². The van der Waals surface area contributed by atoms with Crippen molar-refractivity contribution in [1.82, 2.24) is 9.78 Å². The zero-order valence-corrected chi connectivity index (χ0v) is 14.9. The zero-order chi connectivity index (χ0) is 15.1. The van der Waals surface area contributed by atoms with Gasteiger partial charge in [-0.3, -0.25) is 0 Å². The minimum atomic E-state index is 0.145. The van der Waals surface area contributed by atoms with Gasteiger partial charge in [-0.2, -0.15) is 5.10 Å². The largest absolute Gasteiger partial charge is 0.383 e. The highest BCUT2D eigenvalue weighted by molar-refractivity contribution is 14.1. The van der Waals surface area contributed by atoms with Crippen LogP contribution in [0.15, 0.2) is 24.3 Å². The Bertz CT molecular complexity index is 606. The highest BCUT2D eigenvalue weighted by atomic mass is 127. The van der Waals surface area contributed by atoms with E-state index in [0.717, 1.165) is 15.1 Å². The van der Waals surface area contributed by atoms with Crippen LogP contribution in [0.3, 0.4) is 0 Å². The predicted octanol–water partition coefficient (Wildman–Crippen LogP) is 4.29. The summed E-state index contributed by atoms with van der Waals surface area (Å²) in [4.78, 5) is 0. The molecule has 1 aromatic carbocycles. The summed E-state index contributed by atoms with van der Waals surface area (Å²) in [5, 5.41) is 4.54. The third kappa shape index (κ3) is 2.85. The van der Waals surface area contributed by atoms with E-state index >= 15 is 0 Å². The summed E-state index contributed by atoms with van der Waals surface area (Å²) in [7, 11) is 0. The van der Waals surface area contributed by atoms with Crippen molar-refractivity contribution in [1.29, 1.82) is 0 Å². The van der Waals surface area contributed by atoms with Crippen molar-refractivity contribution >= 4 is 28.4 Å². The van der Waals surface area contributed by atoms with Gasteiger partial charge in [0, 0.05) is 0 Å². The van der Waals surface area contributed by atoms with E-state index in [2.05, 4.69) is 79.6 Å². The molecule has 0 aliphatic rings. The van der Waals surface area contributed by atoms with Crippen LogP contribution in [0.5, 0.6) is 0 Å². The second-order valence-electron chi connectivity index (χ2n) is 6.28. The van der Waals surface area contributed by atoms with E-state index in [0.29, 0.717) is 0 Å². The standard InChI is InChI=1S/C16H22IN3/c1-10-14(17)15(18)20(19-10)11(2)12-6-8-13(9-7-12)16(3,4)5/h6-9,11H,18H2,1-5H3. The molecule has 0 radical (unpaired) electrons. The number of nitrogens with zero attached hydrogens (tertiary/aromatic N) is 2. The van der Waals surface area contributed by atoms with E-state index in [9.17, 15) is 0 Å². The van der Waals surface area contributed by atoms with E-state index < -0.39 is 0 Å². The molecule has 4 heteroatoms. The first-order chi connectivity index (χ1) is 9.21. The number of anilines is 1. The number of benzene rings is 1. The molecule has 108 valence electrons. The van der Waals surface area contributed by atoms with Crippen LogP contribution < -0.4 is 5.73 Å². The first-order valence-corrected chi connectivity index (χ1v) is 7.90. The molecule has 1 unspecified atom stereocenters. The first-order valence-electron chi connectivity index (χ1n) is 6.82. The lowest BCUT2D eigenvalue weighted by Crippen LogP contribution is -2.14. The van der Waals surface area contributed by atoms with Crippen LogP contribution in [-0.2, 0) is 5.41 Å². The lowest BCUT2D eigenvalue weighted by molar-refractivity contribution is 0.565. The number of aryl methyl sites for hydroxylation is 1. The molecule has 1 aromatic heterocycles. The van der Waals surface area contributed by atoms with Crippen LogP contribution in [0.4, 0.5) is 5.82 Å². The van der Waals surface area contributed by atoms with E-state index in [-0.39, 0.29) is 11.5 Å². The van der Waals surface area contributed by atoms with Gasteiger partial charge in [-0.15, -0.1) is 0 Å². The minimum absolute atomic E-state index is 0.145. The summed E-state index contributed by atoms with van der Waals surface area (Å²) in [6.07, 6.45) is 0. The monoisotopic (exact) mass is 383 g/mol. The maximum absolute atomic E-state index is 6.13. The van der Waals surface area contributed by atoms with Crippen LogP contribution in [0.25, 0.3) is 0 Å². The Morgan fingerprint density at radius 1 is 1.20 bits per heavy atom. The predicted molar refractivity (Wildman–Crippen MR) is 93.0 cm³/mol. The normalized spacial score (nSPS) is 13.5. The topological polar surface area (TPSA) is 43.8 Å². The van der Waals surface area contributed by atoms with Crippen molar-refractivity contribution in [2.45, 2.75) is 46.1 Å². The van der Waals surface area contributed by atoms with Crippen molar-refractivity contribution in [3.8, 4) is 0 Å². The molecule has 0 aliphatic heterocycles. The van der Waals surface area contributed by atoms with Gasteiger partial charge in [0.05, 0.1) is 15.3 Å². The number of hydrogen-bond donors (Lipinski definition) is 1. The van der Waals surface area contributed by atoms with Crippen molar-refractivity contribution in [3.63, 3.8) is 0 Å². The molecule has 2 N–H and O–H groups in total. The SMILES string of the molecule is Cc1nn(C(C)c2ccc(C(C)(C)C)cc2)c(N)c1I. The third-order valence-electron chi connectivity index (χ3n) is 3.67. The van der Waals surface area contributed by atoms with Gasteiger partial charge in [-0.25, -0.2) is 4.68 Å². The summed E-state index contributed by atoms with van der Waals surface area (Å²) in [5.41, 5.74) is 9.87. The van der Waals surface area contributed by atoms with Gasteiger partial charge in [0.2, 0.25) is 0 Å². The van der Waals surface area contributed by atoms with Gasteiger partial charge < -0.3 is 5.73 Å². The van der Waals surface area contributed by atoms with Crippen molar-refractivity contribution in [2.24, 2.45) is 0 Å². The van der Waals surface area contributed by atoms with Gasteiger partial charge in [0.15, 0.2) is 0 Å². The van der Waals surface area contributed by atoms with Crippen LogP contribution in [0.2, 0.25) is 0 Å². The number of halogens is 1. The molecular weight excluding hydrogens is 361 g/mol. The van der Waals surface area contributed by atoms with Crippen LogP contribution in [-0.4, -0.2) is 9.78 Å². The number of aromatic nitrogens is 2. The Kier molecular flexibility index (Phi) is 4.14. The van der Waals surface area contributed by atoms with Gasteiger partial charge in [0.1, 0.15) is 5.82 Å². The van der Waals surface area contributed by atoms with Gasteiger partial charge in [-0.1, -0.05) is 45.0 Å². The Labute approximate surface area is 134 Å². The van der Waals surface area contributed by atoms with Crippen LogP contribution >= 0.6 is 22.6 Å². The van der Waals surface area contributed by atoms with E-state index in [1.165, 1.54) is 11.1 Å². The molecule has 0 amide bonds. The summed E-state index contributed by atoms with van der Waals surface area (Å²) in [6.45, 7) is 10.8. The summed E-state index contributed by atoms with van der Waals surface area (Å²) < 4.78 is 2.95. The van der Waals surface area contributed by atoms with E-state index in [4.69, 9.17) is 5.73 Å². The van der Waals surface area contributed by atoms with Gasteiger partial charge in [0.25, 0.3) is 0 Å². The fourth-order valence-electron chi connectivity index (χ4n) is 2.24. The molecule has 1 atom stereocenters. The first kappa shape index (κ1) is 15.4. The molecule has 2 aromatic rings. The molecule has 0 aliphatic carbocycles. The highest BCUT2D eigenvalue weighted by Crippen LogP contribution is 2.28. The average molecular weight is 383 g/mol. The molecule has 3 nitrogen and oxygen atoms in total. The third-order valence-corrected chi connectivity index (χ3v) is 5.01. The maximum atomic E-state index is 6.13. The second-order valence-corrected chi connectivity index (χ2v) is 7.36. The minimum Gasteiger partial charge on any atom is -0.383 e. The Balaban J connectivity index is 2.34. The number of nitrogens with two attached hydrogens (primary N) is 1. The number of nitrogen functional groups attached to an aromatic ring is 1. The second kappa shape index (κ2) is 5.39. The van der Waals surface area contributed by atoms with Crippen molar-refractivity contribution in [3.05, 3.63) is 44.7 Å². The molecule has 0 saturated carbocycles. The average Bonchev–Trinajstić information content (AvgIpc) is 2.65. The smallest absolute Gasteiger partial charge is 0.136 e. The zero-order valence-electron chi connectivity index (χ0n) is 12.7. The summed E-state index contributed by atoms with van der Waals surface area (Å²) in [6, 6.07) is 8.89. The van der Waals surface area contributed by atoms with E-state index in [1.807, 2.05) is 11.6 Å². The van der Waals surface area contributed by atoms with Crippen molar-refractivity contribution < 1.29 is 0 Å².